The highest BCUT2D eigenvalue weighted by Gasteiger charge is 2.31. The third-order valence-electron chi connectivity index (χ3n) is 8.88. The number of carbonyl (C=O) groups excluding carboxylic acids is 1. The second-order valence-corrected chi connectivity index (χ2v) is 14.8. The van der Waals surface area contributed by atoms with Gasteiger partial charge in [0.15, 0.2) is 0 Å². The van der Waals surface area contributed by atoms with Crippen LogP contribution in [0.5, 0.6) is 5.75 Å². The molecule has 1 saturated carbocycles. The number of benzene rings is 3. The Hall–Kier alpha value is -2.95. The lowest BCUT2D eigenvalue weighted by Gasteiger charge is -2.37. The van der Waals surface area contributed by atoms with E-state index in [9.17, 15) is 13.2 Å². The molecule has 1 atom stereocenters. The van der Waals surface area contributed by atoms with Crippen molar-refractivity contribution in [3.63, 3.8) is 0 Å². The first-order valence-corrected chi connectivity index (χ1v) is 17.8. The van der Waals surface area contributed by atoms with Crippen molar-refractivity contribution in [3.05, 3.63) is 94.0 Å². The summed E-state index contributed by atoms with van der Waals surface area (Å²) in [6.45, 7) is 4.45. The van der Waals surface area contributed by atoms with Crippen LogP contribution in [0.15, 0.2) is 71.6 Å². The number of sulfonamides is 1. The standard InChI is InChI=1S/C36H48ClN3O5S/c1-26-21-33(44-5)22-27(2)36(26)46(42,43)40(24-29-9-7-6-8-10-29)19-20-45-25-34(41)38-23-28-11-13-30(14-12-28)35(39(3)4)31-15-17-32(37)18-16-31/h6-10,15-18,21-22,28,30,35H,11-14,19-20,23-25H2,1-5H3,(H,38,41). The Kier molecular flexibility index (Phi) is 13.1. The van der Waals surface area contributed by atoms with Gasteiger partial charge in [0.1, 0.15) is 12.4 Å². The maximum atomic E-state index is 13.9. The Bertz CT molecular complexity index is 1500. The Morgan fingerprint density at radius 3 is 2.20 bits per heavy atom. The van der Waals surface area contributed by atoms with Gasteiger partial charge in [-0.05, 0) is 112 Å². The van der Waals surface area contributed by atoms with Gasteiger partial charge in [0.25, 0.3) is 0 Å². The highest BCUT2D eigenvalue weighted by Crippen LogP contribution is 2.39. The highest BCUT2D eigenvalue weighted by molar-refractivity contribution is 7.89. The van der Waals surface area contributed by atoms with Crippen molar-refractivity contribution < 1.29 is 22.7 Å². The normalized spacial score (nSPS) is 17.7. The SMILES string of the molecule is COc1cc(C)c(S(=O)(=O)N(CCOCC(=O)NCC2CCC(C(c3ccc(Cl)cc3)N(C)C)CC2)Cc2ccccc2)c(C)c1. The van der Waals surface area contributed by atoms with E-state index in [-0.39, 0.29) is 37.1 Å². The molecule has 46 heavy (non-hydrogen) atoms. The van der Waals surface area contributed by atoms with Crippen LogP contribution in [0.2, 0.25) is 5.02 Å². The summed E-state index contributed by atoms with van der Waals surface area (Å²) in [4.78, 5) is 15.2. The highest BCUT2D eigenvalue weighted by atomic mass is 35.5. The molecule has 1 unspecified atom stereocenters. The van der Waals surface area contributed by atoms with Crippen LogP contribution in [0.1, 0.15) is 54.0 Å². The van der Waals surface area contributed by atoms with Crippen molar-refractivity contribution in [1.29, 1.82) is 0 Å². The van der Waals surface area contributed by atoms with Crippen LogP contribution >= 0.6 is 11.6 Å². The fourth-order valence-electron chi connectivity index (χ4n) is 6.64. The van der Waals surface area contributed by atoms with E-state index in [1.165, 1.54) is 9.87 Å². The Balaban J connectivity index is 1.27. The average molecular weight is 670 g/mol. The number of ether oxygens (including phenoxy) is 2. The van der Waals surface area contributed by atoms with Gasteiger partial charge in [0.05, 0.1) is 18.6 Å². The van der Waals surface area contributed by atoms with Gasteiger partial charge >= 0.3 is 0 Å². The van der Waals surface area contributed by atoms with Gasteiger partial charge in [-0.3, -0.25) is 4.79 Å². The van der Waals surface area contributed by atoms with Gasteiger partial charge in [-0.25, -0.2) is 8.42 Å². The zero-order chi connectivity index (χ0) is 33.3. The van der Waals surface area contributed by atoms with E-state index >= 15 is 0 Å². The van der Waals surface area contributed by atoms with Crippen molar-refractivity contribution in [2.24, 2.45) is 11.8 Å². The predicted molar refractivity (Wildman–Crippen MR) is 184 cm³/mol. The molecule has 4 rings (SSSR count). The molecule has 3 aromatic rings. The molecule has 0 bridgehead atoms. The smallest absolute Gasteiger partial charge is 0.246 e. The molecule has 1 aliphatic rings. The number of nitrogens with zero attached hydrogens (tertiary/aromatic N) is 2. The molecule has 8 nitrogen and oxygen atoms in total. The van der Waals surface area contributed by atoms with Crippen LogP contribution in [0.3, 0.4) is 0 Å². The van der Waals surface area contributed by atoms with Gasteiger partial charge in [0, 0.05) is 30.7 Å². The first-order valence-electron chi connectivity index (χ1n) is 15.9. The predicted octanol–water partition coefficient (Wildman–Crippen LogP) is 6.40. The molecule has 1 fully saturated rings. The summed E-state index contributed by atoms with van der Waals surface area (Å²) >= 11 is 6.12. The molecule has 0 spiro atoms. The number of halogens is 1. The molecule has 1 amide bonds. The van der Waals surface area contributed by atoms with Crippen LogP contribution in [0.4, 0.5) is 0 Å². The molecule has 0 aromatic heterocycles. The second-order valence-electron chi connectivity index (χ2n) is 12.5. The average Bonchev–Trinajstić information content (AvgIpc) is 3.03. The van der Waals surface area contributed by atoms with Crippen molar-refractivity contribution in [2.45, 2.75) is 57.0 Å². The summed E-state index contributed by atoms with van der Waals surface area (Å²) in [5.41, 5.74) is 3.39. The van der Waals surface area contributed by atoms with E-state index in [4.69, 9.17) is 21.1 Å². The van der Waals surface area contributed by atoms with Gasteiger partial charge in [-0.1, -0.05) is 54.1 Å². The number of hydrogen-bond donors (Lipinski definition) is 1. The fourth-order valence-corrected chi connectivity index (χ4v) is 8.59. The molecule has 0 aliphatic heterocycles. The zero-order valence-electron chi connectivity index (χ0n) is 27.7. The lowest BCUT2D eigenvalue weighted by atomic mass is 9.76. The van der Waals surface area contributed by atoms with E-state index < -0.39 is 10.0 Å². The van der Waals surface area contributed by atoms with Crippen molar-refractivity contribution in [3.8, 4) is 5.75 Å². The molecule has 250 valence electrons. The summed E-state index contributed by atoms with van der Waals surface area (Å²) < 4.78 is 40.3. The second kappa shape index (κ2) is 16.7. The molecular formula is C36H48ClN3O5S. The van der Waals surface area contributed by atoms with Crippen LogP contribution in [0.25, 0.3) is 0 Å². The fraction of sp³-hybridized carbons (Fsp3) is 0.472. The minimum absolute atomic E-state index is 0.0927. The number of aryl methyl sites for hydroxylation is 2. The number of carbonyl (C=O) groups is 1. The minimum atomic E-state index is -3.86. The van der Waals surface area contributed by atoms with Gasteiger partial charge in [0.2, 0.25) is 15.9 Å². The maximum absolute atomic E-state index is 13.9. The van der Waals surface area contributed by atoms with Crippen molar-refractivity contribution in [1.82, 2.24) is 14.5 Å². The Morgan fingerprint density at radius 2 is 1.61 bits per heavy atom. The quantitative estimate of drug-likeness (QED) is 0.189. The van der Waals surface area contributed by atoms with Crippen molar-refractivity contribution in [2.75, 3.05) is 47.5 Å². The number of amides is 1. The summed E-state index contributed by atoms with van der Waals surface area (Å²) in [5, 5.41) is 3.78. The monoisotopic (exact) mass is 669 g/mol. The van der Waals surface area contributed by atoms with Gasteiger partial charge in [-0.15, -0.1) is 0 Å². The summed E-state index contributed by atoms with van der Waals surface area (Å²) in [7, 11) is 1.96. The van der Waals surface area contributed by atoms with E-state index in [0.717, 1.165) is 36.3 Å². The Labute approximate surface area is 280 Å². The summed E-state index contributed by atoms with van der Waals surface area (Å²) in [6.07, 6.45) is 4.31. The Morgan fingerprint density at radius 1 is 0.978 bits per heavy atom. The first kappa shape index (κ1) is 35.9. The molecule has 0 heterocycles. The number of methoxy groups -OCH3 is 1. The first-order chi connectivity index (χ1) is 22.0. The number of rotatable bonds is 15. The van der Waals surface area contributed by atoms with Gasteiger partial charge < -0.3 is 19.7 Å². The molecule has 1 N–H and O–H groups in total. The summed E-state index contributed by atoms with van der Waals surface area (Å²) in [6, 6.07) is 21.4. The third-order valence-corrected chi connectivity index (χ3v) is 11.3. The van der Waals surface area contributed by atoms with E-state index in [1.807, 2.05) is 42.5 Å². The zero-order valence-corrected chi connectivity index (χ0v) is 29.2. The van der Waals surface area contributed by atoms with Crippen molar-refractivity contribution >= 4 is 27.5 Å². The molecule has 10 heteroatoms. The van der Waals surface area contributed by atoms with E-state index in [2.05, 4.69) is 36.4 Å². The molecule has 3 aromatic carbocycles. The molecule has 0 saturated heterocycles. The van der Waals surface area contributed by atoms with Crippen LogP contribution in [-0.2, 0) is 26.1 Å². The third kappa shape index (κ3) is 9.55. The molecular weight excluding hydrogens is 622 g/mol. The van der Waals surface area contributed by atoms with E-state index in [1.54, 1.807) is 33.1 Å². The van der Waals surface area contributed by atoms with Gasteiger partial charge in [-0.2, -0.15) is 4.31 Å². The summed E-state index contributed by atoms with van der Waals surface area (Å²) in [5.74, 6) is 1.40. The van der Waals surface area contributed by atoms with Crippen LogP contribution in [-0.4, -0.2) is 71.0 Å². The van der Waals surface area contributed by atoms with E-state index in [0.29, 0.717) is 41.3 Å². The van der Waals surface area contributed by atoms with Crippen LogP contribution in [0, 0.1) is 25.7 Å². The number of hydrogen-bond acceptors (Lipinski definition) is 6. The minimum Gasteiger partial charge on any atom is -0.497 e. The maximum Gasteiger partial charge on any atom is 0.246 e. The lowest BCUT2D eigenvalue weighted by Crippen LogP contribution is -2.37. The van der Waals surface area contributed by atoms with Crippen LogP contribution < -0.4 is 10.1 Å². The molecule has 1 aliphatic carbocycles. The topological polar surface area (TPSA) is 88.2 Å². The largest absolute Gasteiger partial charge is 0.497 e. The molecule has 0 radical (unpaired) electrons. The number of nitrogens with one attached hydrogen (secondary N) is 1. The lowest BCUT2D eigenvalue weighted by molar-refractivity contribution is -0.126.